The molecule has 154 valence electrons. The van der Waals surface area contributed by atoms with E-state index in [0.717, 1.165) is 44.0 Å². The first-order valence-corrected chi connectivity index (χ1v) is 11.0. The van der Waals surface area contributed by atoms with Gasteiger partial charge in [0.25, 0.3) is 5.69 Å². The van der Waals surface area contributed by atoms with Crippen molar-refractivity contribution in [2.24, 2.45) is 5.92 Å². The highest BCUT2D eigenvalue weighted by Gasteiger charge is 2.31. The molecule has 0 amide bonds. The lowest BCUT2D eigenvalue weighted by Gasteiger charge is -2.41. The second-order valence-electron chi connectivity index (χ2n) is 8.94. The maximum atomic E-state index is 11.3. The van der Waals surface area contributed by atoms with Gasteiger partial charge in [0.1, 0.15) is 5.69 Å². The Morgan fingerprint density at radius 1 is 1.11 bits per heavy atom. The number of likely N-dealkylation sites (tertiary alicyclic amines) is 1. The Labute approximate surface area is 167 Å². The molecule has 3 fully saturated rings. The fourth-order valence-electron chi connectivity index (χ4n) is 4.69. The molecule has 1 aliphatic heterocycles. The minimum atomic E-state index is -0.291. The molecule has 1 heterocycles. The molecule has 1 N–H and O–H groups in total. The summed E-state index contributed by atoms with van der Waals surface area (Å²) in [5, 5.41) is 14.7. The molecule has 2 saturated carbocycles. The average molecular weight is 388 g/mol. The van der Waals surface area contributed by atoms with E-state index in [-0.39, 0.29) is 10.6 Å². The second kappa shape index (κ2) is 8.78. The molecule has 0 unspecified atom stereocenters. The fourth-order valence-corrected chi connectivity index (χ4v) is 4.69. The summed E-state index contributed by atoms with van der Waals surface area (Å²) in [4.78, 5) is 13.6. The van der Waals surface area contributed by atoms with E-state index in [9.17, 15) is 10.1 Å². The van der Waals surface area contributed by atoms with Crippen molar-refractivity contribution >= 4 is 11.4 Å². The molecule has 0 bridgehead atoms. The third kappa shape index (κ3) is 5.03. The molecule has 0 spiro atoms. The minimum Gasteiger partial charge on any atom is -0.378 e. The largest absolute Gasteiger partial charge is 0.378 e. The first kappa shape index (κ1) is 19.6. The quantitative estimate of drug-likeness (QED) is 0.550. The summed E-state index contributed by atoms with van der Waals surface area (Å²) < 4.78 is 6.08. The van der Waals surface area contributed by atoms with Crippen LogP contribution in [0.3, 0.4) is 0 Å². The van der Waals surface area contributed by atoms with Gasteiger partial charge in [-0.3, -0.25) is 10.1 Å². The van der Waals surface area contributed by atoms with Crippen LogP contribution in [-0.2, 0) is 4.74 Å². The van der Waals surface area contributed by atoms with Crippen molar-refractivity contribution in [3.8, 4) is 0 Å². The highest BCUT2D eigenvalue weighted by atomic mass is 16.6. The lowest BCUT2D eigenvalue weighted by molar-refractivity contribution is -0.384. The molecule has 1 saturated heterocycles. The van der Waals surface area contributed by atoms with Gasteiger partial charge >= 0.3 is 0 Å². The standard InChI is InChI=1S/C22H33N3O3/c1-16-2-9-22(25(26)27)21(14-16)23-18-10-12-24(13-11-18)19-5-7-20(8-6-19)28-15-17-3-4-17/h2,9,14,17-20,23H,3-8,10-13,15H2,1H3. The zero-order chi connectivity index (χ0) is 19.5. The Balaban J connectivity index is 1.23. The maximum absolute atomic E-state index is 11.3. The molecular formula is C22H33N3O3. The second-order valence-corrected chi connectivity index (χ2v) is 8.94. The molecule has 0 radical (unpaired) electrons. The zero-order valence-electron chi connectivity index (χ0n) is 16.9. The SMILES string of the molecule is Cc1ccc([N+](=O)[O-])c(NC2CCN(C3CCC(OCC4CC4)CC3)CC2)c1. The smallest absolute Gasteiger partial charge is 0.292 e. The number of hydrogen-bond acceptors (Lipinski definition) is 5. The van der Waals surface area contributed by atoms with Crippen LogP contribution in [0.1, 0.15) is 56.9 Å². The van der Waals surface area contributed by atoms with Crippen LogP contribution in [0.2, 0.25) is 0 Å². The summed E-state index contributed by atoms with van der Waals surface area (Å²) in [6, 6.07) is 6.31. The number of anilines is 1. The third-order valence-corrected chi connectivity index (χ3v) is 6.66. The highest BCUT2D eigenvalue weighted by Crippen LogP contribution is 2.33. The molecule has 0 aromatic heterocycles. The Hall–Kier alpha value is -1.66. The summed E-state index contributed by atoms with van der Waals surface area (Å²) in [7, 11) is 0. The molecule has 1 aromatic rings. The number of ether oxygens (including phenoxy) is 1. The molecule has 4 rings (SSSR count). The molecular weight excluding hydrogens is 354 g/mol. The number of hydrogen-bond donors (Lipinski definition) is 1. The van der Waals surface area contributed by atoms with Crippen molar-refractivity contribution in [2.75, 3.05) is 25.0 Å². The lowest BCUT2D eigenvalue weighted by Crippen LogP contribution is -2.46. The van der Waals surface area contributed by atoms with Crippen LogP contribution in [0, 0.1) is 23.0 Å². The van der Waals surface area contributed by atoms with Gasteiger partial charge in [-0.25, -0.2) is 0 Å². The first-order chi connectivity index (χ1) is 13.6. The van der Waals surface area contributed by atoms with E-state index >= 15 is 0 Å². The molecule has 6 nitrogen and oxygen atoms in total. The van der Waals surface area contributed by atoms with Gasteiger partial charge in [0.2, 0.25) is 0 Å². The number of nitrogens with zero attached hydrogens (tertiary/aromatic N) is 2. The van der Waals surface area contributed by atoms with Crippen molar-refractivity contribution in [1.29, 1.82) is 0 Å². The fraction of sp³-hybridized carbons (Fsp3) is 0.727. The van der Waals surface area contributed by atoms with Gasteiger partial charge in [-0.05, 0) is 75.8 Å². The van der Waals surface area contributed by atoms with Crippen LogP contribution in [0.4, 0.5) is 11.4 Å². The molecule has 1 aromatic carbocycles. The Kier molecular flexibility index (Phi) is 6.16. The molecule has 0 atom stereocenters. The highest BCUT2D eigenvalue weighted by molar-refractivity contribution is 5.63. The van der Waals surface area contributed by atoms with E-state index < -0.39 is 0 Å². The van der Waals surface area contributed by atoms with E-state index in [0.29, 0.717) is 23.9 Å². The van der Waals surface area contributed by atoms with Gasteiger partial charge in [0.15, 0.2) is 0 Å². The summed E-state index contributed by atoms with van der Waals surface area (Å²) >= 11 is 0. The van der Waals surface area contributed by atoms with Crippen molar-refractivity contribution in [1.82, 2.24) is 4.90 Å². The Morgan fingerprint density at radius 2 is 1.82 bits per heavy atom. The maximum Gasteiger partial charge on any atom is 0.292 e. The normalized spacial score (nSPS) is 26.9. The van der Waals surface area contributed by atoms with E-state index in [2.05, 4.69) is 10.2 Å². The molecule has 28 heavy (non-hydrogen) atoms. The van der Waals surface area contributed by atoms with Crippen LogP contribution in [0.5, 0.6) is 0 Å². The zero-order valence-corrected chi connectivity index (χ0v) is 16.9. The number of nitro groups is 1. The third-order valence-electron chi connectivity index (χ3n) is 6.66. The summed E-state index contributed by atoms with van der Waals surface area (Å²) in [6.45, 7) is 5.12. The summed E-state index contributed by atoms with van der Waals surface area (Å²) in [6.07, 6.45) is 10.2. The van der Waals surface area contributed by atoms with Crippen LogP contribution in [-0.4, -0.2) is 47.7 Å². The predicted octanol–water partition coefficient (Wildman–Crippen LogP) is 4.52. The van der Waals surface area contributed by atoms with Gasteiger partial charge in [-0.1, -0.05) is 6.07 Å². The Morgan fingerprint density at radius 3 is 2.46 bits per heavy atom. The van der Waals surface area contributed by atoms with Gasteiger partial charge in [0, 0.05) is 37.8 Å². The van der Waals surface area contributed by atoms with Crippen molar-refractivity contribution in [2.45, 2.75) is 76.5 Å². The lowest BCUT2D eigenvalue weighted by atomic mass is 9.90. The monoisotopic (exact) mass is 387 g/mol. The van der Waals surface area contributed by atoms with Crippen LogP contribution < -0.4 is 5.32 Å². The average Bonchev–Trinajstić information content (AvgIpc) is 3.52. The van der Waals surface area contributed by atoms with Crippen molar-refractivity contribution in [3.05, 3.63) is 33.9 Å². The number of aryl methyl sites for hydroxylation is 1. The number of nitro benzene ring substituents is 1. The van der Waals surface area contributed by atoms with Crippen molar-refractivity contribution in [3.63, 3.8) is 0 Å². The molecule has 6 heteroatoms. The summed E-state index contributed by atoms with van der Waals surface area (Å²) in [5.41, 5.74) is 1.89. The Bertz CT molecular complexity index is 676. The van der Waals surface area contributed by atoms with Gasteiger partial charge in [0.05, 0.1) is 11.0 Å². The topological polar surface area (TPSA) is 67.6 Å². The molecule has 3 aliphatic rings. The number of piperidine rings is 1. The van der Waals surface area contributed by atoms with Crippen LogP contribution >= 0.6 is 0 Å². The number of benzene rings is 1. The minimum absolute atomic E-state index is 0.178. The van der Waals surface area contributed by atoms with Crippen LogP contribution in [0.25, 0.3) is 0 Å². The van der Waals surface area contributed by atoms with Crippen LogP contribution in [0.15, 0.2) is 18.2 Å². The van der Waals surface area contributed by atoms with Gasteiger partial charge in [-0.15, -0.1) is 0 Å². The van der Waals surface area contributed by atoms with E-state index in [4.69, 9.17) is 4.74 Å². The van der Waals surface area contributed by atoms with E-state index in [1.165, 1.54) is 38.5 Å². The van der Waals surface area contributed by atoms with Gasteiger partial charge in [-0.2, -0.15) is 0 Å². The predicted molar refractivity (Wildman–Crippen MR) is 111 cm³/mol. The molecule has 2 aliphatic carbocycles. The number of nitrogens with one attached hydrogen (secondary N) is 1. The van der Waals surface area contributed by atoms with E-state index in [1.54, 1.807) is 12.1 Å². The van der Waals surface area contributed by atoms with E-state index in [1.807, 2.05) is 13.0 Å². The van der Waals surface area contributed by atoms with Gasteiger partial charge < -0.3 is 15.0 Å². The number of rotatable bonds is 7. The first-order valence-electron chi connectivity index (χ1n) is 11.0. The summed E-state index contributed by atoms with van der Waals surface area (Å²) in [5.74, 6) is 0.855. The van der Waals surface area contributed by atoms with Crippen molar-refractivity contribution < 1.29 is 9.66 Å².